The van der Waals surface area contributed by atoms with E-state index in [4.69, 9.17) is 4.42 Å². The van der Waals surface area contributed by atoms with Crippen LogP contribution in [0.4, 0.5) is 0 Å². The van der Waals surface area contributed by atoms with Crippen molar-refractivity contribution < 1.29 is 4.42 Å². The zero-order valence-corrected chi connectivity index (χ0v) is 13.5. The first-order valence-electron chi connectivity index (χ1n) is 8.74. The zero-order valence-electron chi connectivity index (χ0n) is 13.5. The van der Waals surface area contributed by atoms with Gasteiger partial charge in [-0.1, -0.05) is 26.7 Å². The molecular formula is C17H29N3O. The summed E-state index contributed by atoms with van der Waals surface area (Å²) in [6.45, 7) is 5.65. The molecule has 2 fully saturated rings. The van der Waals surface area contributed by atoms with Gasteiger partial charge in [-0.25, -0.2) is 0 Å². The molecule has 2 saturated carbocycles. The lowest BCUT2D eigenvalue weighted by Gasteiger charge is -2.26. The van der Waals surface area contributed by atoms with Gasteiger partial charge in [-0.2, -0.15) is 0 Å². The molecule has 2 aliphatic rings. The number of hydrogen-bond donors (Lipinski definition) is 1. The Morgan fingerprint density at radius 1 is 1.24 bits per heavy atom. The van der Waals surface area contributed by atoms with Gasteiger partial charge in [0.2, 0.25) is 11.8 Å². The zero-order chi connectivity index (χ0) is 14.7. The first kappa shape index (κ1) is 15.0. The summed E-state index contributed by atoms with van der Waals surface area (Å²) in [5.74, 6) is 2.43. The largest absolute Gasteiger partial charge is 0.425 e. The van der Waals surface area contributed by atoms with E-state index in [1.807, 2.05) is 0 Å². The molecule has 1 N–H and O–H groups in total. The van der Waals surface area contributed by atoms with Crippen LogP contribution >= 0.6 is 0 Å². The summed E-state index contributed by atoms with van der Waals surface area (Å²) in [4.78, 5) is 0. The van der Waals surface area contributed by atoms with Gasteiger partial charge in [0.05, 0.1) is 0 Å². The Morgan fingerprint density at radius 2 is 2.00 bits per heavy atom. The predicted octanol–water partition coefficient (Wildman–Crippen LogP) is 3.61. The predicted molar refractivity (Wildman–Crippen MR) is 83.2 cm³/mol. The van der Waals surface area contributed by atoms with Crippen LogP contribution in [0.25, 0.3) is 0 Å². The van der Waals surface area contributed by atoms with Gasteiger partial charge in [-0.3, -0.25) is 0 Å². The second-order valence-corrected chi connectivity index (χ2v) is 7.42. The molecule has 0 aliphatic heterocycles. The van der Waals surface area contributed by atoms with E-state index in [2.05, 4.69) is 29.4 Å². The monoisotopic (exact) mass is 291 g/mol. The number of hydrogen-bond acceptors (Lipinski definition) is 4. The molecule has 0 amide bonds. The molecule has 0 atom stereocenters. The van der Waals surface area contributed by atoms with Crippen LogP contribution in [-0.4, -0.2) is 22.8 Å². The van der Waals surface area contributed by atoms with E-state index in [1.54, 1.807) is 0 Å². The van der Waals surface area contributed by atoms with E-state index in [1.165, 1.54) is 44.9 Å². The van der Waals surface area contributed by atoms with Crippen molar-refractivity contribution in [1.29, 1.82) is 0 Å². The molecule has 0 bridgehead atoms. The van der Waals surface area contributed by atoms with Gasteiger partial charge in [0, 0.05) is 17.9 Å². The van der Waals surface area contributed by atoms with Crippen LogP contribution in [0.3, 0.4) is 0 Å². The van der Waals surface area contributed by atoms with Crippen molar-refractivity contribution >= 4 is 0 Å². The minimum atomic E-state index is 0.172. The van der Waals surface area contributed by atoms with Gasteiger partial charge >= 0.3 is 0 Å². The van der Waals surface area contributed by atoms with Gasteiger partial charge in [0.1, 0.15) is 0 Å². The fourth-order valence-corrected chi connectivity index (χ4v) is 3.74. The Bertz CT molecular complexity index is 445. The van der Waals surface area contributed by atoms with Gasteiger partial charge < -0.3 is 9.73 Å². The summed E-state index contributed by atoms with van der Waals surface area (Å²) in [5, 5.41) is 12.2. The highest BCUT2D eigenvalue weighted by Gasteiger charge is 2.40. The molecule has 4 nitrogen and oxygen atoms in total. The molecule has 3 rings (SSSR count). The van der Waals surface area contributed by atoms with E-state index in [0.717, 1.165) is 37.2 Å². The molecular weight excluding hydrogens is 262 g/mol. The molecule has 1 heterocycles. The summed E-state index contributed by atoms with van der Waals surface area (Å²) in [6.07, 6.45) is 10.9. The third-order valence-corrected chi connectivity index (χ3v) is 4.86. The molecule has 0 unspecified atom stereocenters. The molecule has 21 heavy (non-hydrogen) atoms. The Hall–Kier alpha value is -0.900. The maximum absolute atomic E-state index is 6.04. The van der Waals surface area contributed by atoms with Gasteiger partial charge in [-0.05, 0) is 51.0 Å². The van der Waals surface area contributed by atoms with Crippen molar-refractivity contribution in [2.24, 2.45) is 5.92 Å². The van der Waals surface area contributed by atoms with Crippen molar-refractivity contribution in [2.45, 2.75) is 83.1 Å². The Kier molecular flexibility index (Phi) is 4.63. The van der Waals surface area contributed by atoms with Crippen LogP contribution in [0.5, 0.6) is 0 Å². The summed E-state index contributed by atoms with van der Waals surface area (Å²) in [7, 11) is 0. The van der Waals surface area contributed by atoms with Crippen LogP contribution in [0.2, 0.25) is 0 Å². The molecule has 2 aliphatic carbocycles. The molecule has 0 aromatic carbocycles. The maximum Gasteiger partial charge on any atom is 0.222 e. The maximum atomic E-state index is 6.04. The lowest BCUT2D eigenvalue weighted by molar-refractivity contribution is 0.267. The Morgan fingerprint density at radius 3 is 2.67 bits per heavy atom. The summed E-state index contributed by atoms with van der Waals surface area (Å²) < 4.78 is 6.04. The van der Waals surface area contributed by atoms with Crippen molar-refractivity contribution in [3.8, 4) is 0 Å². The van der Waals surface area contributed by atoms with Crippen molar-refractivity contribution in [1.82, 2.24) is 15.5 Å². The van der Waals surface area contributed by atoms with E-state index in [9.17, 15) is 0 Å². The van der Waals surface area contributed by atoms with Crippen LogP contribution in [-0.2, 0) is 11.8 Å². The fraction of sp³-hybridized carbons (Fsp3) is 0.882. The minimum absolute atomic E-state index is 0.172. The van der Waals surface area contributed by atoms with E-state index >= 15 is 0 Å². The smallest absolute Gasteiger partial charge is 0.222 e. The van der Waals surface area contributed by atoms with Crippen molar-refractivity contribution in [2.75, 3.05) is 6.54 Å². The fourth-order valence-electron chi connectivity index (χ4n) is 3.74. The van der Waals surface area contributed by atoms with Crippen LogP contribution in [0, 0.1) is 5.92 Å². The normalized spacial score (nSPS) is 21.3. The average molecular weight is 291 g/mol. The average Bonchev–Trinajstić information content (AvgIpc) is 2.95. The van der Waals surface area contributed by atoms with Gasteiger partial charge in [0.25, 0.3) is 0 Å². The van der Waals surface area contributed by atoms with Gasteiger partial charge in [-0.15, -0.1) is 10.2 Å². The number of nitrogens with one attached hydrogen (secondary N) is 1. The van der Waals surface area contributed by atoms with Crippen molar-refractivity contribution in [3.05, 3.63) is 11.8 Å². The first-order valence-corrected chi connectivity index (χ1v) is 8.74. The number of rotatable bonds is 8. The Labute approximate surface area is 128 Å². The first-order chi connectivity index (χ1) is 10.2. The second kappa shape index (κ2) is 6.47. The number of nitrogens with zero attached hydrogens (tertiary/aromatic N) is 2. The van der Waals surface area contributed by atoms with Crippen molar-refractivity contribution in [3.63, 3.8) is 0 Å². The lowest BCUT2D eigenvalue weighted by atomic mass is 9.78. The topological polar surface area (TPSA) is 51.0 Å². The van der Waals surface area contributed by atoms with E-state index < -0.39 is 0 Å². The SMILES string of the molecule is CC(C)CC1(c2nnc(CCCNC3CC3)o2)CCCC1. The van der Waals surface area contributed by atoms with Crippen LogP contribution < -0.4 is 5.32 Å². The molecule has 1 aromatic heterocycles. The summed E-state index contributed by atoms with van der Waals surface area (Å²) >= 11 is 0. The molecule has 0 spiro atoms. The highest BCUT2D eigenvalue weighted by Crippen LogP contribution is 2.45. The molecule has 0 radical (unpaired) electrons. The minimum Gasteiger partial charge on any atom is -0.425 e. The van der Waals surface area contributed by atoms with Crippen LogP contribution in [0.15, 0.2) is 4.42 Å². The highest BCUT2D eigenvalue weighted by molar-refractivity contribution is 5.07. The van der Waals surface area contributed by atoms with E-state index in [-0.39, 0.29) is 5.41 Å². The number of aryl methyl sites for hydroxylation is 1. The molecule has 0 saturated heterocycles. The number of aromatic nitrogens is 2. The third kappa shape index (κ3) is 3.85. The summed E-state index contributed by atoms with van der Waals surface area (Å²) in [6, 6.07) is 0.788. The van der Waals surface area contributed by atoms with E-state index in [0.29, 0.717) is 5.92 Å². The second-order valence-electron chi connectivity index (χ2n) is 7.42. The molecule has 4 heteroatoms. The lowest BCUT2D eigenvalue weighted by Crippen LogP contribution is -2.24. The highest BCUT2D eigenvalue weighted by atomic mass is 16.4. The Balaban J connectivity index is 1.56. The molecule has 1 aromatic rings. The summed E-state index contributed by atoms with van der Waals surface area (Å²) in [5.41, 5.74) is 0.172. The van der Waals surface area contributed by atoms with Gasteiger partial charge in [0.15, 0.2) is 0 Å². The quantitative estimate of drug-likeness (QED) is 0.743. The molecule has 118 valence electrons. The van der Waals surface area contributed by atoms with Crippen LogP contribution in [0.1, 0.15) is 77.0 Å². The standard InChI is InChI=1S/C17H29N3O/c1-13(2)12-17(9-3-4-10-17)16-20-19-15(21-16)6-5-11-18-14-7-8-14/h13-14,18H,3-12H2,1-2H3. The third-order valence-electron chi connectivity index (χ3n) is 4.86.